The van der Waals surface area contributed by atoms with Crippen molar-refractivity contribution < 1.29 is 27.4 Å². The van der Waals surface area contributed by atoms with Gasteiger partial charge < -0.3 is 19.7 Å². The predicted octanol–water partition coefficient (Wildman–Crippen LogP) is 1.32. The van der Waals surface area contributed by atoms with Gasteiger partial charge in [-0.3, -0.25) is 13.9 Å². The van der Waals surface area contributed by atoms with Crippen molar-refractivity contribution in [1.82, 2.24) is 24.4 Å². The number of anilines is 1. The highest BCUT2D eigenvalue weighted by molar-refractivity contribution is 5.77. The molecule has 10 nitrogen and oxygen atoms in total. The number of nitrogens with zero attached hydrogens (tertiary/aromatic N) is 5. The van der Waals surface area contributed by atoms with Gasteiger partial charge in [0.05, 0.1) is 13.1 Å². The molecule has 1 aliphatic carbocycles. The van der Waals surface area contributed by atoms with E-state index in [1.165, 1.54) is 14.0 Å². The highest BCUT2D eigenvalue weighted by Crippen LogP contribution is 2.27. The lowest BCUT2D eigenvalue weighted by atomic mass is 10.3. The van der Waals surface area contributed by atoms with Gasteiger partial charge >= 0.3 is 18.2 Å². The Hall–Kier alpha value is -3.27. The summed E-state index contributed by atoms with van der Waals surface area (Å²) < 4.78 is 51.9. The highest BCUT2D eigenvalue weighted by Gasteiger charge is 2.44. The van der Waals surface area contributed by atoms with Gasteiger partial charge in [0.1, 0.15) is 6.10 Å². The molecule has 13 heteroatoms. The van der Waals surface area contributed by atoms with E-state index in [1.54, 1.807) is 14.0 Å². The SMILES string of the molecule is CC#CCn1c(N2CCNCC2OC(=O)C(F)(F)F)nc2nc(OC3CCCC3)n(C)c(=O)c21. The molecule has 3 heterocycles. The molecule has 184 valence electrons. The molecule has 1 saturated heterocycles. The predicted molar refractivity (Wildman–Crippen MR) is 115 cm³/mol. The molecule has 2 aromatic rings. The van der Waals surface area contributed by atoms with Crippen molar-refractivity contribution in [3.05, 3.63) is 10.4 Å². The van der Waals surface area contributed by atoms with E-state index in [0.717, 1.165) is 25.7 Å². The molecule has 0 amide bonds. The molecule has 2 aliphatic rings. The molecule has 1 atom stereocenters. The highest BCUT2D eigenvalue weighted by atomic mass is 19.4. The number of rotatable bonds is 5. The van der Waals surface area contributed by atoms with E-state index < -0.39 is 23.9 Å². The average Bonchev–Trinajstić information content (AvgIpc) is 3.43. The van der Waals surface area contributed by atoms with E-state index in [2.05, 4.69) is 27.1 Å². The molecule has 0 radical (unpaired) electrons. The van der Waals surface area contributed by atoms with Crippen LogP contribution in [0.4, 0.5) is 19.1 Å². The smallest absolute Gasteiger partial charge is 0.461 e. The van der Waals surface area contributed by atoms with E-state index in [4.69, 9.17) is 9.47 Å². The van der Waals surface area contributed by atoms with Crippen molar-refractivity contribution in [1.29, 1.82) is 0 Å². The Morgan fingerprint density at radius 3 is 2.68 bits per heavy atom. The third-order valence-corrected chi connectivity index (χ3v) is 5.84. The molecule has 1 unspecified atom stereocenters. The Morgan fingerprint density at radius 2 is 2.00 bits per heavy atom. The lowest BCUT2D eigenvalue weighted by molar-refractivity contribution is -0.205. The molecule has 4 rings (SSSR count). The second-order valence-corrected chi connectivity index (χ2v) is 8.14. The summed E-state index contributed by atoms with van der Waals surface area (Å²) in [7, 11) is 1.54. The summed E-state index contributed by atoms with van der Waals surface area (Å²) in [4.78, 5) is 35.1. The van der Waals surface area contributed by atoms with E-state index >= 15 is 0 Å². The molecular formula is C21H25F3N6O4. The van der Waals surface area contributed by atoms with Gasteiger partial charge in [0.2, 0.25) is 5.95 Å². The van der Waals surface area contributed by atoms with Crippen LogP contribution < -0.4 is 20.5 Å². The Kier molecular flexibility index (Phi) is 6.70. The molecule has 0 spiro atoms. The van der Waals surface area contributed by atoms with E-state index in [9.17, 15) is 22.8 Å². The topological polar surface area (TPSA) is 104 Å². The number of imidazole rings is 1. The summed E-state index contributed by atoms with van der Waals surface area (Å²) in [5, 5.41) is 2.91. The summed E-state index contributed by atoms with van der Waals surface area (Å²) in [6, 6.07) is 0.127. The molecule has 1 saturated carbocycles. The number of ether oxygens (including phenoxy) is 2. The van der Waals surface area contributed by atoms with Crippen LogP contribution >= 0.6 is 0 Å². The summed E-state index contributed by atoms with van der Waals surface area (Å²) in [6.07, 6.45) is -2.65. The average molecular weight is 482 g/mol. The maximum Gasteiger partial charge on any atom is 0.491 e. The van der Waals surface area contributed by atoms with E-state index in [-0.39, 0.29) is 48.9 Å². The molecule has 1 aliphatic heterocycles. The van der Waals surface area contributed by atoms with Crippen LogP contribution in [0.15, 0.2) is 4.79 Å². The van der Waals surface area contributed by atoms with Crippen molar-refractivity contribution in [2.45, 2.75) is 57.7 Å². The van der Waals surface area contributed by atoms with Gasteiger partial charge in [0.15, 0.2) is 17.4 Å². The molecule has 34 heavy (non-hydrogen) atoms. The molecule has 1 N–H and O–H groups in total. The van der Waals surface area contributed by atoms with Crippen LogP contribution in [0.3, 0.4) is 0 Å². The molecule has 2 aromatic heterocycles. The molecular weight excluding hydrogens is 457 g/mol. The zero-order valence-corrected chi connectivity index (χ0v) is 18.8. The van der Waals surface area contributed by atoms with Gasteiger partial charge in [-0.25, -0.2) is 4.79 Å². The van der Waals surface area contributed by atoms with Crippen molar-refractivity contribution >= 4 is 23.1 Å². The number of fused-ring (bicyclic) bond motifs is 1. The minimum absolute atomic E-state index is 0.0394. The quantitative estimate of drug-likeness (QED) is 0.503. The van der Waals surface area contributed by atoms with Gasteiger partial charge in [-0.1, -0.05) is 5.92 Å². The van der Waals surface area contributed by atoms with Crippen molar-refractivity contribution in [3.8, 4) is 17.9 Å². The van der Waals surface area contributed by atoms with Crippen LogP contribution in [0.1, 0.15) is 32.6 Å². The van der Waals surface area contributed by atoms with Crippen molar-refractivity contribution in [3.63, 3.8) is 0 Å². The first-order chi connectivity index (χ1) is 16.2. The zero-order chi connectivity index (χ0) is 24.5. The number of carbonyl (C=O) groups is 1. The third-order valence-electron chi connectivity index (χ3n) is 5.84. The summed E-state index contributed by atoms with van der Waals surface area (Å²) in [5.74, 6) is 3.44. The van der Waals surface area contributed by atoms with Gasteiger partial charge in [-0.2, -0.15) is 23.1 Å². The van der Waals surface area contributed by atoms with Crippen LogP contribution in [-0.2, 0) is 23.1 Å². The summed E-state index contributed by atoms with van der Waals surface area (Å²) in [5.41, 5.74) is -0.199. The maximum absolute atomic E-state index is 13.3. The number of hydrogen-bond donors (Lipinski definition) is 1. The van der Waals surface area contributed by atoms with Crippen LogP contribution in [-0.4, -0.2) is 63.2 Å². The zero-order valence-electron chi connectivity index (χ0n) is 18.8. The molecule has 0 aromatic carbocycles. The van der Waals surface area contributed by atoms with Crippen molar-refractivity contribution in [2.24, 2.45) is 7.05 Å². The Bertz CT molecular complexity index is 1190. The Labute approximate surface area is 193 Å². The number of carbonyl (C=O) groups excluding carboxylic acids is 1. The van der Waals surface area contributed by atoms with Gasteiger partial charge in [-0.05, 0) is 32.6 Å². The third kappa shape index (κ3) is 4.68. The van der Waals surface area contributed by atoms with Gasteiger partial charge in [0.25, 0.3) is 5.56 Å². The molecule has 2 fully saturated rings. The lowest BCUT2D eigenvalue weighted by Gasteiger charge is -2.36. The number of esters is 1. The second-order valence-electron chi connectivity index (χ2n) is 8.14. The molecule has 0 bridgehead atoms. The van der Waals surface area contributed by atoms with Crippen molar-refractivity contribution in [2.75, 3.05) is 24.5 Å². The minimum Gasteiger partial charge on any atom is -0.461 e. The second kappa shape index (κ2) is 9.54. The first-order valence-electron chi connectivity index (χ1n) is 11.0. The van der Waals surface area contributed by atoms with E-state index in [1.807, 2.05) is 0 Å². The normalized spacial score (nSPS) is 19.2. The van der Waals surface area contributed by atoms with Gasteiger partial charge in [0, 0.05) is 20.1 Å². The fraction of sp³-hybridized carbons (Fsp3) is 0.619. The number of alkyl halides is 3. The van der Waals surface area contributed by atoms with Crippen LogP contribution in [0, 0.1) is 11.8 Å². The first kappa shape index (κ1) is 23.9. The number of piperazine rings is 1. The number of halogens is 3. The Balaban J connectivity index is 1.78. The number of hydrogen-bond acceptors (Lipinski definition) is 8. The van der Waals surface area contributed by atoms with Gasteiger partial charge in [-0.15, -0.1) is 5.92 Å². The van der Waals surface area contributed by atoms with Crippen LogP contribution in [0.25, 0.3) is 11.2 Å². The number of aromatic nitrogens is 4. The van der Waals surface area contributed by atoms with Crippen LogP contribution in [0.5, 0.6) is 6.01 Å². The Morgan fingerprint density at radius 1 is 1.26 bits per heavy atom. The lowest BCUT2D eigenvalue weighted by Crippen LogP contribution is -2.55. The monoisotopic (exact) mass is 482 g/mol. The minimum atomic E-state index is -5.14. The first-order valence-corrected chi connectivity index (χ1v) is 11.0. The van der Waals surface area contributed by atoms with Crippen LogP contribution in [0.2, 0.25) is 0 Å². The fourth-order valence-corrected chi connectivity index (χ4v) is 4.12. The number of nitrogens with one attached hydrogen (secondary N) is 1. The summed E-state index contributed by atoms with van der Waals surface area (Å²) in [6.45, 7) is 2.22. The standard InChI is InChI=1S/C21H25F3N6O4/c1-3-4-10-30-15-16(27-20(28(2)17(15)31)33-13-7-5-6-8-13)26-19(30)29-11-9-25-12-14(29)34-18(32)21(22,23)24/h13-14,25H,5-12H2,1-2H3. The largest absolute Gasteiger partial charge is 0.491 e. The van der Waals surface area contributed by atoms with E-state index in [0.29, 0.717) is 6.54 Å². The fourth-order valence-electron chi connectivity index (χ4n) is 4.12. The summed E-state index contributed by atoms with van der Waals surface area (Å²) >= 11 is 0. The maximum atomic E-state index is 13.3.